The van der Waals surface area contributed by atoms with Gasteiger partial charge in [-0.05, 0) is 38.1 Å². The predicted octanol–water partition coefficient (Wildman–Crippen LogP) is 2.25. The maximum absolute atomic E-state index is 12.3. The number of anilines is 1. The minimum absolute atomic E-state index is 0.315. The van der Waals surface area contributed by atoms with Gasteiger partial charge in [0.1, 0.15) is 4.88 Å². The van der Waals surface area contributed by atoms with Crippen molar-refractivity contribution >= 4 is 38.8 Å². The van der Waals surface area contributed by atoms with Gasteiger partial charge in [-0.25, -0.2) is 18.2 Å². The molecular formula is C15H16N2O5S2. The molecule has 0 spiro atoms. The number of carbonyl (C=O) groups excluding carboxylic acids is 2. The lowest BCUT2D eigenvalue weighted by Crippen LogP contribution is -2.24. The molecule has 24 heavy (non-hydrogen) atoms. The Balaban J connectivity index is 2.05. The Hall–Kier alpha value is -2.26. The highest BCUT2D eigenvalue weighted by atomic mass is 32.2. The van der Waals surface area contributed by atoms with Crippen LogP contribution < -0.4 is 4.72 Å². The number of hydrogen-bond acceptors (Lipinski definition) is 7. The Morgan fingerprint density at radius 1 is 1.25 bits per heavy atom. The van der Waals surface area contributed by atoms with Crippen molar-refractivity contribution in [1.29, 1.82) is 0 Å². The Morgan fingerprint density at radius 3 is 2.38 bits per heavy atom. The fourth-order valence-electron chi connectivity index (χ4n) is 1.92. The molecule has 2 aromatic rings. The number of benzene rings is 1. The standard InChI is InChI=1S/C15H16N2O5S2/c1-9-14(23-8-16-9)15(19)22-10(2)13(18)11-4-6-12(7-5-11)17-24(3,20)21/h4-8,10,17H,1-3H3. The van der Waals surface area contributed by atoms with Crippen LogP contribution >= 0.6 is 11.3 Å². The van der Waals surface area contributed by atoms with Crippen molar-refractivity contribution in [2.45, 2.75) is 20.0 Å². The highest BCUT2D eigenvalue weighted by Crippen LogP contribution is 2.17. The van der Waals surface area contributed by atoms with Gasteiger partial charge in [0.2, 0.25) is 15.8 Å². The van der Waals surface area contributed by atoms with Gasteiger partial charge in [0, 0.05) is 11.3 Å². The van der Waals surface area contributed by atoms with Crippen LogP contribution in [0.25, 0.3) is 0 Å². The second-order valence-electron chi connectivity index (χ2n) is 5.13. The lowest BCUT2D eigenvalue weighted by Gasteiger charge is -2.12. The number of thiazole rings is 1. The summed E-state index contributed by atoms with van der Waals surface area (Å²) < 4.78 is 29.8. The summed E-state index contributed by atoms with van der Waals surface area (Å²) in [6.07, 6.45) is 0.0716. The van der Waals surface area contributed by atoms with E-state index in [1.165, 1.54) is 36.7 Å². The molecule has 0 aliphatic rings. The molecule has 1 atom stereocenters. The van der Waals surface area contributed by atoms with Gasteiger partial charge in [-0.1, -0.05) is 0 Å². The highest BCUT2D eigenvalue weighted by Gasteiger charge is 2.22. The minimum Gasteiger partial charge on any atom is -0.450 e. The number of hydrogen-bond donors (Lipinski definition) is 1. The zero-order chi connectivity index (χ0) is 17.9. The van der Waals surface area contributed by atoms with Crippen LogP contribution in [-0.2, 0) is 14.8 Å². The first-order valence-corrected chi connectivity index (χ1v) is 9.67. The summed E-state index contributed by atoms with van der Waals surface area (Å²) in [6.45, 7) is 3.17. The van der Waals surface area contributed by atoms with Crippen molar-refractivity contribution in [2.24, 2.45) is 0 Å². The lowest BCUT2D eigenvalue weighted by atomic mass is 10.1. The fraction of sp³-hybridized carbons (Fsp3) is 0.267. The third-order valence-corrected chi connectivity index (χ3v) is 4.57. The first-order valence-electron chi connectivity index (χ1n) is 6.90. The van der Waals surface area contributed by atoms with E-state index in [-0.39, 0.29) is 5.78 Å². The first-order chi connectivity index (χ1) is 11.2. The van der Waals surface area contributed by atoms with E-state index in [2.05, 4.69) is 9.71 Å². The minimum atomic E-state index is -3.38. The first kappa shape index (κ1) is 18.1. The van der Waals surface area contributed by atoms with E-state index in [1.54, 1.807) is 6.92 Å². The van der Waals surface area contributed by atoms with Crippen LogP contribution in [0.2, 0.25) is 0 Å². The van der Waals surface area contributed by atoms with Crippen LogP contribution in [0.3, 0.4) is 0 Å². The smallest absolute Gasteiger partial charge is 0.350 e. The average molecular weight is 368 g/mol. The van der Waals surface area contributed by atoms with Crippen molar-refractivity contribution in [3.63, 3.8) is 0 Å². The fourth-order valence-corrected chi connectivity index (χ4v) is 3.16. The van der Waals surface area contributed by atoms with E-state index >= 15 is 0 Å². The van der Waals surface area contributed by atoms with Gasteiger partial charge < -0.3 is 4.74 Å². The van der Waals surface area contributed by atoms with Gasteiger partial charge in [0.25, 0.3) is 0 Å². The third-order valence-electron chi connectivity index (χ3n) is 3.06. The molecule has 0 aliphatic carbocycles. The van der Waals surface area contributed by atoms with Crippen molar-refractivity contribution in [2.75, 3.05) is 11.0 Å². The summed E-state index contributed by atoms with van der Waals surface area (Å²) in [5.74, 6) is -0.970. The molecule has 0 saturated carbocycles. The molecule has 1 aromatic carbocycles. The molecule has 0 fully saturated rings. The molecule has 1 unspecified atom stereocenters. The molecule has 128 valence electrons. The molecule has 0 radical (unpaired) electrons. The second kappa shape index (κ2) is 7.10. The molecule has 9 heteroatoms. The van der Waals surface area contributed by atoms with Crippen LogP contribution in [0.1, 0.15) is 32.6 Å². The summed E-state index contributed by atoms with van der Waals surface area (Å²) in [7, 11) is -3.38. The Labute approximate surface area is 143 Å². The molecule has 0 aliphatic heterocycles. The number of aryl methyl sites for hydroxylation is 1. The maximum Gasteiger partial charge on any atom is 0.350 e. The van der Waals surface area contributed by atoms with E-state index in [0.717, 1.165) is 17.6 Å². The van der Waals surface area contributed by atoms with Crippen molar-refractivity contribution in [1.82, 2.24) is 4.98 Å². The second-order valence-corrected chi connectivity index (χ2v) is 7.73. The maximum atomic E-state index is 12.3. The predicted molar refractivity (Wildman–Crippen MR) is 91.0 cm³/mol. The normalized spacial score (nSPS) is 12.5. The number of sulfonamides is 1. The van der Waals surface area contributed by atoms with Crippen molar-refractivity contribution in [3.05, 3.63) is 45.9 Å². The van der Waals surface area contributed by atoms with Crippen LogP contribution in [-0.4, -0.2) is 37.5 Å². The number of esters is 1. The number of aromatic nitrogens is 1. The Kier molecular flexibility index (Phi) is 5.35. The van der Waals surface area contributed by atoms with Crippen LogP contribution in [0.15, 0.2) is 29.8 Å². The largest absolute Gasteiger partial charge is 0.450 e. The van der Waals surface area contributed by atoms with Gasteiger partial charge in [-0.2, -0.15) is 0 Å². The van der Waals surface area contributed by atoms with Gasteiger partial charge in [0.05, 0.1) is 17.5 Å². The molecular weight excluding hydrogens is 352 g/mol. The molecule has 0 bridgehead atoms. The number of Topliss-reactive ketones (excluding diaryl/α,β-unsaturated/α-hetero) is 1. The summed E-state index contributed by atoms with van der Waals surface area (Å²) in [5, 5.41) is 0. The summed E-state index contributed by atoms with van der Waals surface area (Å²) in [6, 6.07) is 5.88. The monoisotopic (exact) mass is 368 g/mol. The molecule has 1 N–H and O–H groups in total. The van der Waals surface area contributed by atoms with E-state index in [0.29, 0.717) is 21.8 Å². The van der Waals surface area contributed by atoms with E-state index in [9.17, 15) is 18.0 Å². The molecule has 0 saturated heterocycles. The van der Waals surface area contributed by atoms with Crippen molar-refractivity contribution in [3.8, 4) is 0 Å². The van der Waals surface area contributed by atoms with Crippen LogP contribution in [0, 0.1) is 6.92 Å². The molecule has 1 heterocycles. The SMILES string of the molecule is Cc1ncsc1C(=O)OC(C)C(=O)c1ccc(NS(C)(=O)=O)cc1. The van der Waals surface area contributed by atoms with Crippen LogP contribution in [0.5, 0.6) is 0 Å². The zero-order valence-electron chi connectivity index (χ0n) is 13.3. The highest BCUT2D eigenvalue weighted by molar-refractivity contribution is 7.92. The zero-order valence-corrected chi connectivity index (χ0v) is 14.9. The number of nitrogens with zero attached hydrogens (tertiary/aromatic N) is 1. The lowest BCUT2D eigenvalue weighted by molar-refractivity contribution is 0.0322. The van der Waals surface area contributed by atoms with E-state index < -0.39 is 22.1 Å². The van der Waals surface area contributed by atoms with Crippen LogP contribution in [0.4, 0.5) is 5.69 Å². The quantitative estimate of drug-likeness (QED) is 0.620. The summed E-state index contributed by atoms with van der Waals surface area (Å²) in [5.41, 5.74) is 2.75. The molecule has 0 amide bonds. The number of nitrogens with one attached hydrogen (secondary N) is 1. The number of ketones is 1. The Morgan fingerprint density at radius 2 is 1.88 bits per heavy atom. The number of rotatable bonds is 6. The average Bonchev–Trinajstić information content (AvgIpc) is 2.92. The van der Waals surface area contributed by atoms with Gasteiger partial charge >= 0.3 is 5.97 Å². The molecule has 2 rings (SSSR count). The van der Waals surface area contributed by atoms with E-state index in [1.807, 2.05) is 0 Å². The Bertz CT molecular complexity index is 856. The van der Waals surface area contributed by atoms with Gasteiger partial charge in [-0.15, -0.1) is 11.3 Å². The molecule has 7 nitrogen and oxygen atoms in total. The number of ether oxygens (including phenoxy) is 1. The topological polar surface area (TPSA) is 102 Å². The summed E-state index contributed by atoms with van der Waals surface area (Å²) in [4.78, 5) is 28.6. The summed E-state index contributed by atoms with van der Waals surface area (Å²) >= 11 is 1.15. The third kappa shape index (κ3) is 4.62. The number of carbonyl (C=O) groups is 2. The molecule has 1 aromatic heterocycles. The van der Waals surface area contributed by atoms with Gasteiger partial charge in [0.15, 0.2) is 6.10 Å². The van der Waals surface area contributed by atoms with E-state index in [4.69, 9.17) is 4.74 Å². The van der Waals surface area contributed by atoms with Crippen molar-refractivity contribution < 1.29 is 22.7 Å². The van der Waals surface area contributed by atoms with Gasteiger partial charge in [-0.3, -0.25) is 9.52 Å².